The lowest BCUT2D eigenvalue weighted by atomic mass is 9.47. The van der Waals surface area contributed by atoms with Crippen molar-refractivity contribution in [2.24, 2.45) is 17.0 Å². The lowest BCUT2D eigenvalue weighted by Crippen LogP contribution is -2.54. The number of aryl methyl sites for hydroxylation is 2. The summed E-state index contributed by atoms with van der Waals surface area (Å²) in [5.41, 5.74) is 5.51. The number of hydrogen-bond donors (Lipinski definition) is 1. The van der Waals surface area contributed by atoms with Crippen molar-refractivity contribution in [3.05, 3.63) is 100 Å². The van der Waals surface area contributed by atoms with Crippen molar-refractivity contribution in [1.29, 1.82) is 0 Å². The summed E-state index contributed by atoms with van der Waals surface area (Å²) in [4.78, 5) is 29.4. The third-order valence-corrected chi connectivity index (χ3v) is 7.54. The second-order valence-corrected chi connectivity index (χ2v) is 9.07. The maximum atomic E-state index is 14.0. The molecule has 3 aromatic carbocycles. The molecule has 1 saturated heterocycles. The largest absolute Gasteiger partial charge is 0.411 e. The number of benzene rings is 3. The van der Waals surface area contributed by atoms with Gasteiger partial charge in [0.05, 0.1) is 29.2 Å². The number of amides is 2. The highest BCUT2D eigenvalue weighted by molar-refractivity contribution is 6.25. The molecule has 1 heterocycles. The van der Waals surface area contributed by atoms with Crippen LogP contribution in [-0.4, -0.2) is 23.2 Å². The van der Waals surface area contributed by atoms with E-state index in [1.165, 1.54) is 11.1 Å². The Morgan fingerprint density at radius 3 is 2.12 bits per heavy atom. The number of oxime groups is 1. The Bertz CT molecular complexity index is 1290. The van der Waals surface area contributed by atoms with Crippen molar-refractivity contribution in [3.8, 4) is 0 Å². The van der Waals surface area contributed by atoms with Crippen molar-refractivity contribution in [2.75, 3.05) is 4.90 Å². The van der Waals surface area contributed by atoms with Gasteiger partial charge in [-0.05, 0) is 47.7 Å². The van der Waals surface area contributed by atoms with Crippen LogP contribution in [0.5, 0.6) is 0 Å². The van der Waals surface area contributed by atoms with Gasteiger partial charge in [0.2, 0.25) is 11.8 Å². The van der Waals surface area contributed by atoms with Crippen molar-refractivity contribution < 1.29 is 14.8 Å². The van der Waals surface area contributed by atoms with Crippen molar-refractivity contribution >= 4 is 23.7 Å². The van der Waals surface area contributed by atoms with Gasteiger partial charge >= 0.3 is 0 Å². The molecule has 1 fully saturated rings. The summed E-state index contributed by atoms with van der Waals surface area (Å²) in [7, 11) is 0. The highest BCUT2D eigenvalue weighted by Crippen LogP contribution is 2.63. The first-order chi connectivity index (χ1) is 15.5. The van der Waals surface area contributed by atoms with Gasteiger partial charge < -0.3 is 5.21 Å². The fourth-order valence-electron chi connectivity index (χ4n) is 6.43. The minimum Gasteiger partial charge on any atom is -0.411 e. The zero-order chi connectivity index (χ0) is 22.2. The minimum absolute atomic E-state index is 0.184. The summed E-state index contributed by atoms with van der Waals surface area (Å²) >= 11 is 0. The maximum absolute atomic E-state index is 14.0. The minimum atomic E-state index is -0.999. The highest BCUT2D eigenvalue weighted by atomic mass is 16.4. The number of nitrogens with zero attached hydrogens (tertiary/aromatic N) is 2. The van der Waals surface area contributed by atoms with Crippen LogP contribution in [0, 0.1) is 25.7 Å². The molecule has 4 aliphatic rings. The predicted molar refractivity (Wildman–Crippen MR) is 121 cm³/mol. The van der Waals surface area contributed by atoms with Crippen LogP contribution in [0.1, 0.15) is 39.3 Å². The summed E-state index contributed by atoms with van der Waals surface area (Å²) in [6.07, 6.45) is 1.47. The Labute approximate surface area is 186 Å². The van der Waals surface area contributed by atoms with Crippen LogP contribution in [0.4, 0.5) is 5.69 Å². The predicted octanol–water partition coefficient (Wildman–Crippen LogP) is 4.31. The van der Waals surface area contributed by atoms with Crippen LogP contribution < -0.4 is 4.90 Å². The van der Waals surface area contributed by atoms with Gasteiger partial charge in [-0.15, -0.1) is 5.16 Å². The Morgan fingerprint density at radius 2 is 1.53 bits per heavy atom. The monoisotopic (exact) mass is 422 g/mol. The molecule has 5 heteroatoms. The smallest absolute Gasteiger partial charge is 0.239 e. The molecule has 2 atom stereocenters. The van der Waals surface area contributed by atoms with Gasteiger partial charge in [0, 0.05) is 5.92 Å². The molecule has 1 N–H and O–H groups in total. The van der Waals surface area contributed by atoms with Gasteiger partial charge in [-0.3, -0.25) is 9.59 Å². The first-order valence-corrected chi connectivity index (χ1v) is 10.8. The molecule has 2 bridgehead atoms. The third-order valence-electron chi connectivity index (χ3n) is 7.54. The third kappa shape index (κ3) is 2.11. The van der Waals surface area contributed by atoms with Gasteiger partial charge in [0.25, 0.3) is 0 Å². The molecule has 0 unspecified atom stereocenters. The maximum Gasteiger partial charge on any atom is 0.239 e. The standard InChI is InChI=1S/C27H22N2O3/c1-15-11-12-21(16(2)13-15)29-25(30)23-22-17-7-3-5-9-19(17)27(14-28-32,24(23)26(29)31)20-10-6-4-8-18(20)22/h3-14,22-24,32H,1-2H3/b28-14-/t22?,23-,24+,27?/m1/s1. The first kappa shape index (κ1) is 19.0. The molecule has 32 heavy (non-hydrogen) atoms. The van der Waals surface area contributed by atoms with E-state index in [-0.39, 0.29) is 17.7 Å². The fourth-order valence-corrected chi connectivity index (χ4v) is 6.43. The van der Waals surface area contributed by atoms with E-state index in [0.29, 0.717) is 5.69 Å². The van der Waals surface area contributed by atoms with Crippen LogP contribution in [0.3, 0.4) is 0 Å². The fraction of sp³-hybridized carbons (Fsp3) is 0.222. The van der Waals surface area contributed by atoms with Gasteiger partial charge in [-0.1, -0.05) is 66.2 Å². The van der Waals surface area contributed by atoms with E-state index in [4.69, 9.17) is 0 Å². The number of carbonyl (C=O) groups is 2. The Hall–Kier alpha value is -3.73. The van der Waals surface area contributed by atoms with Crippen LogP contribution in [0.2, 0.25) is 0 Å². The van der Waals surface area contributed by atoms with Crippen LogP contribution in [0.15, 0.2) is 71.9 Å². The molecule has 0 aromatic heterocycles. The van der Waals surface area contributed by atoms with Crippen LogP contribution in [-0.2, 0) is 15.0 Å². The molecular formula is C27H22N2O3. The molecule has 0 saturated carbocycles. The van der Waals surface area contributed by atoms with E-state index in [1.54, 1.807) is 0 Å². The molecule has 0 spiro atoms. The average molecular weight is 422 g/mol. The summed E-state index contributed by atoms with van der Waals surface area (Å²) in [6.45, 7) is 3.91. The molecule has 7 rings (SSSR count). The van der Waals surface area contributed by atoms with E-state index in [1.807, 2.05) is 80.6 Å². The average Bonchev–Trinajstić information content (AvgIpc) is 3.06. The summed E-state index contributed by atoms with van der Waals surface area (Å²) in [5.74, 6) is -1.85. The van der Waals surface area contributed by atoms with E-state index in [9.17, 15) is 14.8 Å². The topological polar surface area (TPSA) is 70.0 Å². The Kier molecular flexibility index (Phi) is 3.79. The van der Waals surface area contributed by atoms with Crippen LogP contribution in [0.25, 0.3) is 0 Å². The van der Waals surface area contributed by atoms with Crippen molar-refractivity contribution in [3.63, 3.8) is 0 Å². The van der Waals surface area contributed by atoms with Crippen molar-refractivity contribution in [1.82, 2.24) is 0 Å². The van der Waals surface area contributed by atoms with Crippen molar-refractivity contribution in [2.45, 2.75) is 25.2 Å². The van der Waals surface area contributed by atoms with Gasteiger partial charge in [0.15, 0.2) is 0 Å². The number of rotatable bonds is 2. The zero-order valence-corrected chi connectivity index (χ0v) is 17.8. The molecule has 2 amide bonds. The van der Waals surface area contributed by atoms with Gasteiger partial charge in [-0.2, -0.15) is 0 Å². The highest BCUT2D eigenvalue weighted by Gasteiger charge is 2.68. The van der Waals surface area contributed by atoms with Gasteiger partial charge in [0.1, 0.15) is 0 Å². The van der Waals surface area contributed by atoms with Gasteiger partial charge in [-0.25, -0.2) is 4.90 Å². The quantitative estimate of drug-likeness (QED) is 0.290. The molecule has 1 aliphatic heterocycles. The second kappa shape index (κ2) is 6.39. The van der Waals surface area contributed by atoms with E-state index < -0.39 is 17.3 Å². The number of imide groups is 1. The number of hydrogen-bond acceptors (Lipinski definition) is 4. The summed E-state index contributed by atoms with van der Waals surface area (Å²) < 4.78 is 0. The summed E-state index contributed by atoms with van der Waals surface area (Å²) in [6, 6.07) is 21.6. The Balaban J connectivity index is 1.66. The summed E-state index contributed by atoms with van der Waals surface area (Å²) in [5, 5.41) is 13.2. The molecule has 158 valence electrons. The second-order valence-electron chi connectivity index (χ2n) is 9.07. The molecular weight excluding hydrogens is 400 g/mol. The SMILES string of the molecule is Cc1ccc(N2C(=O)[C@@H]3C4c5ccccc5C(/C=N\O)(c5ccccc54)[C@@H]3C2=O)c(C)c1. The first-order valence-electron chi connectivity index (χ1n) is 10.8. The number of carbonyl (C=O) groups excluding carboxylic acids is 2. The van der Waals surface area contributed by atoms with E-state index in [2.05, 4.69) is 5.16 Å². The zero-order valence-electron chi connectivity index (χ0n) is 17.8. The van der Waals surface area contributed by atoms with E-state index >= 15 is 0 Å². The Morgan fingerprint density at radius 1 is 0.906 bits per heavy atom. The van der Waals surface area contributed by atoms with E-state index in [0.717, 1.165) is 33.4 Å². The lowest BCUT2D eigenvalue weighted by molar-refractivity contribution is -0.122. The molecule has 3 aliphatic carbocycles. The normalized spacial score (nSPS) is 27.6. The molecule has 5 nitrogen and oxygen atoms in total. The van der Waals surface area contributed by atoms with Crippen LogP contribution >= 0.6 is 0 Å². The molecule has 0 radical (unpaired) electrons. The molecule has 3 aromatic rings. The lowest BCUT2D eigenvalue weighted by Gasteiger charge is -2.52. The number of anilines is 1.